The molecule has 1 rings (SSSR count). The minimum atomic E-state index is -0.0404. The summed E-state index contributed by atoms with van der Waals surface area (Å²) in [5.41, 5.74) is -0.0404. The van der Waals surface area contributed by atoms with Crippen molar-refractivity contribution in [3.8, 4) is 0 Å². The molecule has 1 heteroatoms. The van der Waals surface area contributed by atoms with Gasteiger partial charge in [-0.05, 0) is 0 Å². The Morgan fingerprint density at radius 3 is 1.90 bits per heavy atom. The van der Waals surface area contributed by atoms with Gasteiger partial charge in [-0.15, -0.1) is 0 Å². The second-order valence-electron chi connectivity index (χ2n) is 3.10. The molecule has 10 heavy (non-hydrogen) atoms. The molecule has 0 spiro atoms. The Labute approximate surface area is 62.3 Å². The Balaban J connectivity index is 2.97. The van der Waals surface area contributed by atoms with Crippen molar-refractivity contribution in [3.05, 3.63) is 37.5 Å². The molecule has 0 aliphatic carbocycles. The third-order valence-corrected chi connectivity index (χ3v) is 1.41. The Morgan fingerprint density at radius 2 is 1.60 bits per heavy atom. The average Bonchev–Trinajstić information content (AvgIpc) is 1.88. The van der Waals surface area contributed by atoms with Crippen LogP contribution in [0.5, 0.6) is 0 Å². The number of rotatable bonds is 1. The first-order chi connectivity index (χ1) is 4.61. The van der Waals surface area contributed by atoms with Crippen LogP contribution in [0.25, 0.3) is 0 Å². The van der Waals surface area contributed by atoms with Gasteiger partial charge < -0.3 is 0 Å². The quantitative estimate of drug-likeness (QED) is 0.406. The van der Waals surface area contributed by atoms with Crippen LogP contribution in [-0.2, 0) is 5.54 Å². The van der Waals surface area contributed by atoms with E-state index >= 15 is 0 Å². The van der Waals surface area contributed by atoms with Crippen molar-refractivity contribution in [1.29, 1.82) is 0 Å². The summed E-state index contributed by atoms with van der Waals surface area (Å²) in [4.78, 5) is 0. The van der Waals surface area contributed by atoms with Crippen molar-refractivity contribution >= 4 is 0 Å². The predicted octanol–water partition coefficient (Wildman–Crippen LogP) is 1.54. The summed E-state index contributed by atoms with van der Waals surface area (Å²) in [6, 6.07) is 6.02. The van der Waals surface area contributed by atoms with Crippen LogP contribution in [0.15, 0.2) is 30.6 Å². The summed E-state index contributed by atoms with van der Waals surface area (Å²) in [6.45, 7) is 8.16. The minimum Gasteiger partial charge on any atom is -0.161 e. The van der Waals surface area contributed by atoms with Gasteiger partial charge in [-0.3, -0.25) is 0 Å². The molecule has 0 unspecified atom stereocenters. The lowest BCUT2D eigenvalue weighted by atomic mass is 10.1. The fourth-order valence-corrected chi connectivity index (χ4v) is 0.802. The Bertz CT molecular complexity index is 196. The van der Waals surface area contributed by atoms with Crippen LogP contribution < -0.4 is 4.57 Å². The van der Waals surface area contributed by atoms with E-state index in [1.807, 2.05) is 30.6 Å². The first-order valence-corrected chi connectivity index (χ1v) is 3.43. The Hall–Kier alpha value is -0.980. The molecule has 1 aromatic heterocycles. The predicted molar refractivity (Wildman–Crippen MR) is 41.3 cm³/mol. The third kappa shape index (κ3) is 1.50. The molecule has 1 nitrogen and oxygen atoms in total. The van der Waals surface area contributed by atoms with Crippen molar-refractivity contribution in [3.63, 3.8) is 0 Å². The van der Waals surface area contributed by atoms with Gasteiger partial charge in [-0.2, -0.15) is 4.57 Å². The monoisotopic (exact) mass is 135 g/mol. The van der Waals surface area contributed by atoms with Crippen molar-refractivity contribution < 1.29 is 4.57 Å². The molecular weight excluding hydrogens is 122 g/mol. The topological polar surface area (TPSA) is 3.88 Å². The van der Waals surface area contributed by atoms with Gasteiger partial charge in [0.05, 0.1) is 0 Å². The van der Waals surface area contributed by atoms with E-state index < -0.39 is 0 Å². The van der Waals surface area contributed by atoms with E-state index in [9.17, 15) is 0 Å². The minimum absolute atomic E-state index is 0.0404. The van der Waals surface area contributed by atoms with E-state index in [-0.39, 0.29) is 5.54 Å². The van der Waals surface area contributed by atoms with Crippen LogP contribution in [0.1, 0.15) is 13.8 Å². The second kappa shape index (κ2) is 2.33. The SMILES string of the molecule is [CH2+]C(C)(C)[n+]1ccccc1. The third-order valence-electron chi connectivity index (χ3n) is 1.41. The van der Waals surface area contributed by atoms with Crippen LogP contribution in [0.3, 0.4) is 0 Å². The molecular formula is C9H13N+2. The molecule has 0 bridgehead atoms. The van der Waals surface area contributed by atoms with Gasteiger partial charge in [0.1, 0.15) is 6.92 Å². The zero-order valence-electron chi connectivity index (χ0n) is 6.54. The van der Waals surface area contributed by atoms with Crippen molar-refractivity contribution in [1.82, 2.24) is 0 Å². The van der Waals surface area contributed by atoms with Gasteiger partial charge in [-0.25, -0.2) is 0 Å². The van der Waals surface area contributed by atoms with Crippen LogP contribution in [-0.4, -0.2) is 0 Å². The van der Waals surface area contributed by atoms with Gasteiger partial charge in [0.2, 0.25) is 0 Å². The summed E-state index contributed by atoms with van der Waals surface area (Å²) < 4.78 is 2.08. The Kier molecular flexibility index (Phi) is 1.66. The number of hydrogen-bond acceptors (Lipinski definition) is 0. The first kappa shape index (κ1) is 7.13. The van der Waals surface area contributed by atoms with Gasteiger partial charge in [0, 0.05) is 26.0 Å². The molecule has 0 saturated carbocycles. The highest BCUT2D eigenvalue weighted by atomic mass is 15.0. The molecule has 1 aromatic rings. The molecule has 52 valence electrons. The van der Waals surface area contributed by atoms with Gasteiger partial charge in [-0.1, -0.05) is 6.07 Å². The van der Waals surface area contributed by atoms with E-state index in [1.165, 1.54) is 0 Å². The number of pyridine rings is 1. The van der Waals surface area contributed by atoms with E-state index in [0.717, 1.165) is 0 Å². The lowest BCUT2D eigenvalue weighted by Gasteiger charge is -2.04. The zero-order valence-corrected chi connectivity index (χ0v) is 6.54. The maximum absolute atomic E-state index is 4.00. The largest absolute Gasteiger partial charge is 0.287 e. The van der Waals surface area contributed by atoms with Crippen LogP contribution in [0.4, 0.5) is 0 Å². The molecule has 0 amide bonds. The number of aromatic nitrogens is 1. The van der Waals surface area contributed by atoms with Crippen LogP contribution in [0, 0.1) is 6.92 Å². The summed E-state index contributed by atoms with van der Waals surface area (Å²) in [5.74, 6) is 0. The standard InChI is InChI=1S/C9H13N/c1-9(2,3)10-7-5-4-6-8-10/h4-8H,1H2,2-3H3/q+2. The maximum Gasteiger partial charge on any atom is 0.287 e. The fraction of sp³-hybridized carbons (Fsp3) is 0.333. The van der Waals surface area contributed by atoms with Gasteiger partial charge in [0.15, 0.2) is 12.4 Å². The lowest BCUT2D eigenvalue weighted by molar-refractivity contribution is -0.746. The molecule has 0 atom stereocenters. The highest BCUT2D eigenvalue weighted by Crippen LogP contribution is 2.00. The first-order valence-electron chi connectivity index (χ1n) is 3.43. The highest BCUT2D eigenvalue weighted by Gasteiger charge is 2.27. The summed E-state index contributed by atoms with van der Waals surface area (Å²) in [5, 5.41) is 0. The highest BCUT2D eigenvalue weighted by molar-refractivity contribution is 4.85. The molecule has 0 aromatic carbocycles. The molecule has 0 N–H and O–H groups in total. The molecule has 0 aliphatic rings. The zero-order chi connectivity index (χ0) is 7.61. The van der Waals surface area contributed by atoms with E-state index in [4.69, 9.17) is 0 Å². The normalized spacial score (nSPS) is 11.4. The Morgan fingerprint density at radius 1 is 1.10 bits per heavy atom. The van der Waals surface area contributed by atoms with Crippen molar-refractivity contribution in [2.45, 2.75) is 19.4 Å². The van der Waals surface area contributed by atoms with Gasteiger partial charge >= 0.3 is 0 Å². The molecule has 1 heterocycles. The summed E-state index contributed by atoms with van der Waals surface area (Å²) in [7, 11) is 0. The van der Waals surface area contributed by atoms with Crippen molar-refractivity contribution in [2.24, 2.45) is 0 Å². The molecule has 0 fully saturated rings. The fourth-order valence-electron chi connectivity index (χ4n) is 0.802. The van der Waals surface area contributed by atoms with E-state index in [2.05, 4.69) is 25.3 Å². The number of nitrogens with zero attached hydrogens (tertiary/aromatic N) is 1. The smallest absolute Gasteiger partial charge is 0.161 e. The molecule has 0 aliphatic heterocycles. The van der Waals surface area contributed by atoms with Crippen molar-refractivity contribution in [2.75, 3.05) is 0 Å². The van der Waals surface area contributed by atoms with E-state index in [0.29, 0.717) is 0 Å². The van der Waals surface area contributed by atoms with E-state index in [1.54, 1.807) is 0 Å². The van der Waals surface area contributed by atoms with Gasteiger partial charge in [0.25, 0.3) is 5.54 Å². The second-order valence-corrected chi connectivity index (χ2v) is 3.10. The molecule has 0 radical (unpaired) electrons. The maximum atomic E-state index is 4.00. The summed E-state index contributed by atoms with van der Waals surface area (Å²) in [6.07, 6.45) is 4.04. The lowest BCUT2D eigenvalue weighted by Crippen LogP contribution is -2.49. The average molecular weight is 135 g/mol. The molecule has 0 saturated heterocycles. The van der Waals surface area contributed by atoms with Crippen LogP contribution >= 0.6 is 0 Å². The number of hydrogen-bond donors (Lipinski definition) is 0. The van der Waals surface area contributed by atoms with Crippen LogP contribution in [0.2, 0.25) is 0 Å². The summed E-state index contributed by atoms with van der Waals surface area (Å²) >= 11 is 0.